The molecule has 0 bridgehead atoms. The highest BCUT2D eigenvalue weighted by molar-refractivity contribution is 5.74. The van der Waals surface area contributed by atoms with Gasteiger partial charge < -0.3 is 10.8 Å². The number of nitrogens with two attached hydrogens (primary N) is 1. The summed E-state index contributed by atoms with van der Waals surface area (Å²) in [7, 11) is 0. The molecule has 14 heavy (non-hydrogen) atoms. The fraction of sp³-hybridized carbons (Fsp3) is 0.625. The number of aryl methyl sites for hydroxylation is 1. The van der Waals surface area contributed by atoms with Crippen molar-refractivity contribution in [1.82, 2.24) is 15.0 Å². The maximum absolute atomic E-state index is 10.7. The fourth-order valence-electron chi connectivity index (χ4n) is 1.70. The Hall–Kier alpha value is -1.43. The van der Waals surface area contributed by atoms with Crippen LogP contribution in [0.3, 0.4) is 0 Å². The number of rotatable bonds is 2. The van der Waals surface area contributed by atoms with Gasteiger partial charge in [-0.2, -0.15) is 0 Å². The van der Waals surface area contributed by atoms with Crippen molar-refractivity contribution in [3.05, 3.63) is 11.4 Å². The standard InChI is InChI=1S/C8H12N4O2/c9-6(8(13)14)7-5-3-1-2-4-12(5)11-10-7/h6H,1-4,9H2,(H,13,14). The zero-order valence-corrected chi connectivity index (χ0v) is 7.68. The molecule has 76 valence electrons. The first-order valence-electron chi connectivity index (χ1n) is 4.61. The average molecular weight is 196 g/mol. The third-order valence-corrected chi connectivity index (χ3v) is 2.46. The molecule has 0 saturated heterocycles. The number of hydrogen-bond acceptors (Lipinski definition) is 4. The predicted octanol–water partition coefficient (Wildman–Crippen LogP) is -0.301. The van der Waals surface area contributed by atoms with Crippen LogP contribution in [0.5, 0.6) is 0 Å². The van der Waals surface area contributed by atoms with Gasteiger partial charge in [0.1, 0.15) is 11.7 Å². The molecular formula is C8H12N4O2. The highest BCUT2D eigenvalue weighted by Gasteiger charge is 2.25. The van der Waals surface area contributed by atoms with Gasteiger partial charge in [0.05, 0.1) is 5.69 Å². The zero-order chi connectivity index (χ0) is 10.1. The van der Waals surface area contributed by atoms with Crippen molar-refractivity contribution in [1.29, 1.82) is 0 Å². The maximum Gasteiger partial charge on any atom is 0.326 e. The molecule has 1 aliphatic rings. The first-order chi connectivity index (χ1) is 6.70. The smallest absolute Gasteiger partial charge is 0.326 e. The number of nitrogens with zero attached hydrogens (tertiary/aromatic N) is 3. The van der Waals surface area contributed by atoms with E-state index in [9.17, 15) is 4.79 Å². The SMILES string of the molecule is NC(C(=O)O)c1nnn2c1CCCC2. The van der Waals surface area contributed by atoms with Crippen LogP contribution >= 0.6 is 0 Å². The molecule has 0 radical (unpaired) electrons. The van der Waals surface area contributed by atoms with Crippen molar-refractivity contribution >= 4 is 5.97 Å². The first-order valence-corrected chi connectivity index (χ1v) is 4.61. The molecule has 1 aromatic heterocycles. The highest BCUT2D eigenvalue weighted by atomic mass is 16.4. The molecular weight excluding hydrogens is 184 g/mol. The number of carboxylic acids is 1. The fourth-order valence-corrected chi connectivity index (χ4v) is 1.70. The van der Waals surface area contributed by atoms with E-state index >= 15 is 0 Å². The Bertz CT molecular complexity index is 360. The van der Waals surface area contributed by atoms with Gasteiger partial charge in [0.15, 0.2) is 0 Å². The summed E-state index contributed by atoms with van der Waals surface area (Å²) in [5.41, 5.74) is 6.79. The Balaban J connectivity index is 2.34. The summed E-state index contributed by atoms with van der Waals surface area (Å²) in [5, 5.41) is 16.5. The molecule has 1 aromatic rings. The number of carbonyl (C=O) groups is 1. The Morgan fingerprint density at radius 1 is 1.57 bits per heavy atom. The predicted molar refractivity (Wildman–Crippen MR) is 47.5 cm³/mol. The number of aliphatic carboxylic acids is 1. The molecule has 6 nitrogen and oxygen atoms in total. The molecule has 0 amide bonds. The number of fused-ring (bicyclic) bond motifs is 1. The van der Waals surface area contributed by atoms with E-state index in [4.69, 9.17) is 10.8 Å². The van der Waals surface area contributed by atoms with Gasteiger partial charge in [0.25, 0.3) is 0 Å². The number of carboxylic acid groups (broad SMARTS) is 1. The zero-order valence-electron chi connectivity index (χ0n) is 7.68. The Morgan fingerprint density at radius 2 is 2.36 bits per heavy atom. The third kappa shape index (κ3) is 1.37. The van der Waals surface area contributed by atoms with E-state index in [1.54, 1.807) is 4.68 Å². The van der Waals surface area contributed by atoms with E-state index in [0.29, 0.717) is 5.69 Å². The molecule has 0 aromatic carbocycles. The topological polar surface area (TPSA) is 94.0 Å². The highest BCUT2D eigenvalue weighted by Crippen LogP contribution is 2.20. The quantitative estimate of drug-likeness (QED) is 0.677. The Morgan fingerprint density at radius 3 is 3.07 bits per heavy atom. The summed E-state index contributed by atoms with van der Waals surface area (Å²) in [4.78, 5) is 10.7. The van der Waals surface area contributed by atoms with Gasteiger partial charge in [-0.1, -0.05) is 5.21 Å². The summed E-state index contributed by atoms with van der Waals surface area (Å²) in [6.07, 6.45) is 2.94. The second-order valence-corrected chi connectivity index (χ2v) is 3.42. The lowest BCUT2D eigenvalue weighted by molar-refractivity contribution is -0.138. The lowest BCUT2D eigenvalue weighted by atomic mass is 10.1. The molecule has 1 unspecified atom stereocenters. The molecule has 2 heterocycles. The van der Waals surface area contributed by atoms with Crippen molar-refractivity contribution in [2.45, 2.75) is 31.8 Å². The molecule has 0 fully saturated rings. The Labute approximate surface area is 80.7 Å². The van der Waals surface area contributed by atoms with Gasteiger partial charge in [-0.3, -0.25) is 4.79 Å². The van der Waals surface area contributed by atoms with Gasteiger partial charge in [0.2, 0.25) is 0 Å². The summed E-state index contributed by atoms with van der Waals surface area (Å²) >= 11 is 0. The summed E-state index contributed by atoms with van der Waals surface area (Å²) in [6.45, 7) is 0.814. The van der Waals surface area contributed by atoms with Crippen LogP contribution in [0.4, 0.5) is 0 Å². The lowest BCUT2D eigenvalue weighted by Gasteiger charge is -2.13. The molecule has 0 saturated carbocycles. The number of hydrogen-bond donors (Lipinski definition) is 2. The minimum Gasteiger partial charge on any atom is -0.480 e. The second-order valence-electron chi connectivity index (χ2n) is 3.42. The Kier molecular flexibility index (Phi) is 2.20. The van der Waals surface area contributed by atoms with Crippen LogP contribution < -0.4 is 5.73 Å². The van der Waals surface area contributed by atoms with Gasteiger partial charge in [0, 0.05) is 6.54 Å². The molecule has 0 aliphatic carbocycles. The van der Waals surface area contributed by atoms with E-state index in [1.165, 1.54) is 0 Å². The molecule has 3 N–H and O–H groups in total. The van der Waals surface area contributed by atoms with E-state index < -0.39 is 12.0 Å². The van der Waals surface area contributed by atoms with Crippen LogP contribution in [0.15, 0.2) is 0 Å². The molecule has 1 aliphatic heterocycles. The normalized spacial score (nSPS) is 17.5. The molecule has 0 spiro atoms. The average Bonchev–Trinajstić information content (AvgIpc) is 2.60. The van der Waals surface area contributed by atoms with Gasteiger partial charge >= 0.3 is 5.97 Å². The van der Waals surface area contributed by atoms with E-state index in [-0.39, 0.29) is 0 Å². The van der Waals surface area contributed by atoms with Crippen LogP contribution in [0, 0.1) is 0 Å². The molecule has 1 atom stereocenters. The van der Waals surface area contributed by atoms with Crippen molar-refractivity contribution in [2.75, 3.05) is 0 Å². The molecule has 6 heteroatoms. The van der Waals surface area contributed by atoms with Crippen molar-refractivity contribution in [3.63, 3.8) is 0 Å². The van der Waals surface area contributed by atoms with Crippen molar-refractivity contribution in [3.8, 4) is 0 Å². The van der Waals surface area contributed by atoms with E-state index in [0.717, 1.165) is 31.5 Å². The maximum atomic E-state index is 10.7. The van der Waals surface area contributed by atoms with Crippen LogP contribution in [0.2, 0.25) is 0 Å². The van der Waals surface area contributed by atoms with Gasteiger partial charge in [-0.15, -0.1) is 5.10 Å². The summed E-state index contributed by atoms with van der Waals surface area (Å²) in [5.74, 6) is -1.06. The van der Waals surface area contributed by atoms with Crippen molar-refractivity contribution < 1.29 is 9.90 Å². The van der Waals surface area contributed by atoms with Crippen LogP contribution in [0.1, 0.15) is 30.3 Å². The minimum atomic E-state index is -1.06. The first kappa shape index (κ1) is 9.14. The lowest BCUT2D eigenvalue weighted by Crippen LogP contribution is -2.23. The van der Waals surface area contributed by atoms with Crippen LogP contribution in [-0.4, -0.2) is 26.1 Å². The number of aromatic nitrogens is 3. The second kappa shape index (κ2) is 3.38. The van der Waals surface area contributed by atoms with Crippen LogP contribution in [0.25, 0.3) is 0 Å². The van der Waals surface area contributed by atoms with Crippen LogP contribution in [-0.2, 0) is 17.8 Å². The van der Waals surface area contributed by atoms with Gasteiger partial charge in [-0.25, -0.2) is 4.68 Å². The van der Waals surface area contributed by atoms with E-state index in [2.05, 4.69) is 10.3 Å². The molecule has 2 rings (SSSR count). The van der Waals surface area contributed by atoms with Gasteiger partial charge in [-0.05, 0) is 19.3 Å². The van der Waals surface area contributed by atoms with Crippen molar-refractivity contribution in [2.24, 2.45) is 5.73 Å². The summed E-state index contributed by atoms with van der Waals surface area (Å²) < 4.78 is 1.75. The monoisotopic (exact) mass is 196 g/mol. The summed E-state index contributed by atoms with van der Waals surface area (Å²) in [6, 6.07) is -1.04. The largest absolute Gasteiger partial charge is 0.480 e. The minimum absolute atomic E-state index is 0.414. The third-order valence-electron chi connectivity index (χ3n) is 2.46. The van der Waals surface area contributed by atoms with E-state index in [1.807, 2.05) is 0 Å².